The van der Waals surface area contributed by atoms with Gasteiger partial charge in [0.15, 0.2) is 0 Å². The standard InChI is InChI=1S/C18H22N2O3/c1-5-6-14-15(18(22)23-4)12(3)19-16(14)17(21)20-13-9-7-11(2)8-10-13/h7-10,19H,5-6H2,1-4H3,(H,20,21). The molecule has 1 aromatic heterocycles. The first-order valence-electron chi connectivity index (χ1n) is 7.65. The zero-order valence-electron chi connectivity index (χ0n) is 13.9. The van der Waals surface area contributed by atoms with E-state index in [1.54, 1.807) is 6.92 Å². The van der Waals surface area contributed by atoms with Crippen LogP contribution >= 0.6 is 0 Å². The average Bonchev–Trinajstić information content (AvgIpc) is 2.86. The van der Waals surface area contributed by atoms with Crippen molar-refractivity contribution < 1.29 is 14.3 Å². The molecule has 0 saturated heterocycles. The summed E-state index contributed by atoms with van der Waals surface area (Å²) in [4.78, 5) is 27.6. The molecule has 0 unspecified atom stereocenters. The fourth-order valence-electron chi connectivity index (χ4n) is 2.58. The van der Waals surface area contributed by atoms with Gasteiger partial charge in [-0.05, 0) is 38.0 Å². The number of aromatic amines is 1. The maximum Gasteiger partial charge on any atom is 0.339 e. The van der Waals surface area contributed by atoms with Crippen LogP contribution in [0.3, 0.4) is 0 Å². The highest BCUT2D eigenvalue weighted by Gasteiger charge is 2.24. The van der Waals surface area contributed by atoms with Crippen LogP contribution in [0.1, 0.15) is 51.0 Å². The summed E-state index contributed by atoms with van der Waals surface area (Å²) in [5.74, 6) is -0.674. The highest BCUT2D eigenvalue weighted by Crippen LogP contribution is 2.23. The number of methoxy groups -OCH3 is 1. The largest absolute Gasteiger partial charge is 0.465 e. The first-order valence-corrected chi connectivity index (χ1v) is 7.65. The van der Waals surface area contributed by atoms with E-state index in [0.29, 0.717) is 28.9 Å². The number of rotatable bonds is 5. The molecule has 2 N–H and O–H groups in total. The van der Waals surface area contributed by atoms with Crippen molar-refractivity contribution >= 4 is 17.6 Å². The second-order valence-electron chi connectivity index (χ2n) is 5.54. The number of anilines is 1. The first-order chi connectivity index (χ1) is 11.0. The number of nitrogens with one attached hydrogen (secondary N) is 2. The summed E-state index contributed by atoms with van der Waals surface area (Å²) in [6, 6.07) is 7.57. The Hall–Kier alpha value is -2.56. The van der Waals surface area contributed by atoms with Crippen LogP contribution in [0.5, 0.6) is 0 Å². The molecule has 23 heavy (non-hydrogen) atoms. The normalized spacial score (nSPS) is 10.4. The molecule has 0 bridgehead atoms. The highest BCUT2D eigenvalue weighted by molar-refractivity contribution is 6.07. The second kappa shape index (κ2) is 7.13. The van der Waals surface area contributed by atoms with Gasteiger partial charge in [-0.3, -0.25) is 4.79 Å². The van der Waals surface area contributed by atoms with Gasteiger partial charge in [-0.25, -0.2) is 4.79 Å². The summed E-state index contributed by atoms with van der Waals surface area (Å²) in [7, 11) is 1.34. The third-order valence-electron chi connectivity index (χ3n) is 3.72. The molecule has 0 fully saturated rings. The maximum atomic E-state index is 12.6. The lowest BCUT2D eigenvalue weighted by atomic mass is 10.0. The number of carbonyl (C=O) groups excluding carboxylic acids is 2. The van der Waals surface area contributed by atoms with E-state index in [1.807, 2.05) is 38.1 Å². The lowest BCUT2D eigenvalue weighted by Gasteiger charge is -2.07. The number of H-pyrrole nitrogens is 1. The minimum Gasteiger partial charge on any atom is -0.465 e. The Morgan fingerprint density at radius 3 is 2.39 bits per heavy atom. The van der Waals surface area contributed by atoms with Gasteiger partial charge in [0.25, 0.3) is 5.91 Å². The minimum atomic E-state index is -0.420. The van der Waals surface area contributed by atoms with Gasteiger partial charge in [-0.15, -0.1) is 0 Å². The van der Waals surface area contributed by atoms with E-state index in [1.165, 1.54) is 7.11 Å². The van der Waals surface area contributed by atoms with Gasteiger partial charge in [-0.2, -0.15) is 0 Å². The summed E-state index contributed by atoms with van der Waals surface area (Å²) in [5, 5.41) is 2.86. The summed E-state index contributed by atoms with van der Waals surface area (Å²) in [6.07, 6.45) is 1.46. The van der Waals surface area contributed by atoms with E-state index < -0.39 is 5.97 Å². The molecule has 5 heteroatoms. The number of aryl methyl sites for hydroxylation is 2. The molecule has 0 radical (unpaired) electrons. The van der Waals surface area contributed by atoms with Crippen molar-refractivity contribution in [3.63, 3.8) is 0 Å². The van der Waals surface area contributed by atoms with E-state index in [0.717, 1.165) is 17.7 Å². The Morgan fingerprint density at radius 2 is 1.83 bits per heavy atom. The van der Waals surface area contributed by atoms with Crippen molar-refractivity contribution in [1.82, 2.24) is 4.98 Å². The molecule has 1 heterocycles. The van der Waals surface area contributed by atoms with Crippen molar-refractivity contribution in [2.24, 2.45) is 0 Å². The van der Waals surface area contributed by atoms with Gasteiger partial charge >= 0.3 is 5.97 Å². The maximum absolute atomic E-state index is 12.6. The SMILES string of the molecule is CCCc1c(C(=O)Nc2ccc(C)cc2)[nH]c(C)c1C(=O)OC. The molecule has 0 aliphatic rings. The fourth-order valence-corrected chi connectivity index (χ4v) is 2.58. The van der Waals surface area contributed by atoms with Gasteiger partial charge < -0.3 is 15.0 Å². The van der Waals surface area contributed by atoms with E-state index in [-0.39, 0.29) is 5.91 Å². The monoisotopic (exact) mass is 314 g/mol. The Labute approximate surface area is 136 Å². The van der Waals surface area contributed by atoms with Crippen molar-refractivity contribution in [3.05, 3.63) is 52.3 Å². The Kier molecular flexibility index (Phi) is 5.21. The summed E-state index contributed by atoms with van der Waals surface area (Å²) < 4.78 is 4.84. The van der Waals surface area contributed by atoms with Gasteiger partial charge in [0.05, 0.1) is 12.7 Å². The summed E-state index contributed by atoms with van der Waals surface area (Å²) in [6.45, 7) is 5.76. The molecular formula is C18H22N2O3. The van der Waals surface area contributed by atoms with Crippen molar-refractivity contribution in [3.8, 4) is 0 Å². The molecule has 0 saturated carbocycles. The number of carbonyl (C=O) groups is 2. The summed E-state index contributed by atoms with van der Waals surface area (Å²) in [5.41, 5.74) is 4.08. The minimum absolute atomic E-state index is 0.254. The molecule has 122 valence electrons. The predicted molar refractivity (Wildman–Crippen MR) is 90.0 cm³/mol. The van der Waals surface area contributed by atoms with Gasteiger partial charge in [0, 0.05) is 11.4 Å². The lowest BCUT2D eigenvalue weighted by molar-refractivity contribution is 0.0599. The predicted octanol–water partition coefficient (Wildman–Crippen LogP) is 3.62. The van der Waals surface area contributed by atoms with Crippen LogP contribution in [0, 0.1) is 13.8 Å². The highest BCUT2D eigenvalue weighted by atomic mass is 16.5. The molecule has 0 atom stereocenters. The smallest absolute Gasteiger partial charge is 0.339 e. The van der Waals surface area contributed by atoms with Gasteiger partial charge in [0.2, 0.25) is 0 Å². The molecule has 0 aliphatic carbocycles. The van der Waals surface area contributed by atoms with Gasteiger partial charge in [-0.1, -0.05) is 31.0 Å². The van der Waals surface area contributed by atoms with E-state index in [4.69, 9.17) is 4.74 Å². The second-order valence-corrected chi connectivity index (χ2v) is 5.54. The number of benzene rings is 1. The zero-order valence-corrected chi connectivity index (χ0v) is 13.9. The summed E-state index contributed by atoms with van der Waals surface area (Å²) >= 11 is 0. The quantitative estimate of drug-likeness (QED) is 0.828. The first kappa shape index (κ1) is 16.8. The molecule has 0 aliphatic heterocycles. The number of ether oxygens (including phenoxy) is 1. The molecule has 2 aromatic rings. The topological polar surface area (TPSA) is 71.2 Å². The Morgan fingerprint density at radius 1 is 1.17 bits per heavy atom. The third kappa shape index (κ3) is 3.62. The van der Waals surface area contributed by atoms with Crippen molar-refractivity contribution in [2.75, 3.05) is 12.4 Å². The molecule has 1 aromatic carbocycles. The number of esters is 1. The fraction of sp³-hybridized carbons (Fsp3) is 0.333. The average molecular weight is 314 g/mol. The number of hydrogen-bond acceptors (Lipinski definition) is 3. The van der Waals surface area contributed by atoms with E-state index in [2.05, 4.69) is 10.3 Å². The molecule has 1 amide bonds. The molecular weight excluding hydrogens is 292 g/mol. The van der Waals surface area contributed by atoms with Gasteiger partial charge in [0.1, 0.15) is 5.69 Å². The Bertz CT molecular complexity index is 715. The number of hydrogen-bond donors (Lipinski definition) is 2. The van der Waals surface area contributed by atoms with E-state index in [9.17, 15) is 9.59 Å². The van der Waals surface area contributed by atoms with Crippen molar-refractivity contribution in [1.29, 1.82) is 0 Å². The van der Waals surface area contributed by atoms with Crippen LogP contribution in [0.4, 0.5) is 5.69 Å². The molecule has 0 spiro atoms. The molecule has 5 nitrogen and oxygen atoms in total. The number of aromatic nitrogens is 1. The lowest BCUT2D eigenvalue weighted by Crippen LogP contribution is -2.15. The van der Waals surface area contributed by atoms with E-state index >= 15 is 0 Å². The van der Waals surface area contributed by atoms with Crippen molar-refractivity contribution in [2.45, 2.75) is 33.6 Å². The van der Waals surface area contributed by atoms with Crippen LogP contribution in [-0.4, -0.2) is 24.0 Å². The van der Waals surface area contributed by atoms with Crippen LogP contribution < -0.4 is 5.32 Å². The Balaban J connectivity index is 2.35. The number of amides is 1. The van der Waals surface area contributed by atoms with Crippen LogP contribution in [0.2, 0.25) is 0 Å². The van der Waals surface area contributed by atoms with Crippen LogP contribution in [0.25, 0.3) is 0 Å². The van der Waals surface area contributed by atoms with Crippen LogP contribution in [-0.2, 0) is 11.2 Å². The van der Waals surface area contributed by atoms with Crippen LogP contribution in [0.15, 0.2) is 24.3 Å². The third-order valence-corrected chi connectivity index (χ3v) is 3.72. The zero-order chi connectivity index (χ0) is 17.0. The molecule has 2 rings (SSSR count).